The molecule has 0 radical (unpaired) electrons. The van der Waals surface area contributed by atoms with Gasteiger partial charge in [-0.15, -0.1) is 11.3 Å². The number of hydrogen-bond acceptors (Lipinski definition) is 6. The fourth-order valence-electron chi connectivity index (χ4n) is 4.74. The van der Waals surface area contributed by atoms with Crippen molar-refractivity contribution in [3.63, 3.8) is 0 Å². The van der Waals surface area contributed by atoms with E-state index in [1.165, 1.54) is 6.20 Å². The molecule has 168 valence electrons. The van der Waals surface area contributed by atoms with Crippen LogP contribution >= 0.6 is 11.3 Å². The normalized spacial score (nSPS) is 21.0. The number of carbonyl (C=O) groups is 2. The molecule has 1 aliphatic rings. The van der Waals surface area contributed by atoms with Crippen LogP contribution in [-0.4, -0.2) is 33.2 Å². The standard InChI is InChI=1S/C24H29N5O2S/c1-5-16-9-18(11-26-22(16)25)28-23(30)24(31)29-12-13(2)8-14(3)21(29)17-6-7-20-19(10-17)27-15(4)32-20/h6-7,9-11,13-14,21H,5,8,12H2,1-4H3,(H2,25,26)(H,28,30). The number of aromatic nitrogens is 2. The monoisotopic (exact) mass is 451 g/mol. The van der Waals surface area contributed by atoms with E-state index in [-0.39, 0.29) is 12.0 Å². The Morgan fingerprint density at radius 3 is 2.81 bits per heavy atom. The number of aryl methyl sites for hydroxylation is 2. The van der Waals surface area contributed by atoms with Crippen molar-refractivity contribution in [2.45, 2.75) is 46.6 Å². The fraction of sp³-hybridized carbons (Fsp3) is 0.417. The number of benzene rings is 1. The van der Waals surface area contributed by atoms with Gasteiger partial charge in [0.25, 0.3) is 0 Å². The number of hydrogen-bond donors (Lipinski definition) is 2. The summed E-state index contributed by atoms with van der Waals surface area (Å²) in [6.07, 6.45) is 3.17. The molecule has 1 fully saturated rings. The number of amides is 2. The highest BCUT2D eigenvalue weighted by atomic mass is 32.1. The van der Waals surface area contributed by atoms with Gasteiger partial charge in [0.1, 0.15) is 5.82 Å². The summed E-state index contributed by atoms with van der Waals surface area (Å²) in [7, 11) is 0. The third kappa shape index (κ3) is 4.32. The first-order valence-corrected chi connectivity index (χ1v) is 11.8. The average molecular weight is 452 g/mol. The van der Waals surface area contributed by atoms with Gasteiger partial charge in [0.2, 0.25) is 0 Å². The van der Waals surface area contributed by atoms with Gasteiger partial charge in [0.05, 0.1) is 33.2 Å². The van der Waals surface area contributed by atoms with Gasteiger partial charge in [-0.05, 0) is 60.9 Å². The number of fused-ring (bicyclic) bond motifs is 1. The van der Waals surface area contributed by atoms with Crippen LogP contribution in [0.25, 0.3) is 10.2 Å². The molecule has 0 aliphatic carbocycles. The average Bonchev–Trinajstić information content (AvgIpc) is 3.13. The van der Waals surface area contributed by atoms with Crippen LogP contribution in [0, 0.1) is 18.8 Å². The lowest BCUT2D eigenvalue weighted by Crippen LogP contribution is -2.49. The third-order valence-corrected chi connectivity index (χ3v) is 7.06. The second-order valence-corrected chi connectivity index (χ2v) is 9.99. The van der Waals surface area contributed by atoms with Gasteiger partial charge in [-0.3, -0.25) is 9.59 Å². The van der Waals surface area contributed by atoms with Crippen LogP contribution in [0.4, 0.5) is 11.5 Å². The number of nitrogens with two attached hydrogens (primary N) is 1. The number of thiazole rings is 1. The summed E-state index contributed by atoms with van der Waals surface area (Å²) in [6.45, 7) is 8.76. The second-order valence-electron chi connectivity index (χ2n) is 8.76. The van der Waals surface area contributed by atoms with Crippen LogP contribution in [0.1, 0.15) is 49.4 Å². The van der Waals surface area contributed by atoms with Crippen molar-refractivity contribution in [1.29, 1.82) is 0 Å². The fourth-order valence-corrected chi connectivity index (χ4v) is 5.55. The Kier molecular flexibility index (Phi) is 6.15. The van der Waals surface area contributed by atoms with Gasteiger partial charge < -0.3 is 16.0 Å². The van der Waals surface area contributed by atoms with E-state index in [2.05, 4.69) is 47.3 Å². The van der Waals surface area contributed by atoms with Crippen molar-refractivity contribution < 1.29 is 9.59 Å². The largest absolute Gasteiger partial charge is 0.383 e. The Labute approximate surface area is 192 Å². The summed E-state index contributed by atoms with van der Waals surface area (Å²) in [5.74, 6) is -0.220. The zero-order valence-electron chi connectivity index (χ0n) is 18.9. The summed E-state index contributed by atoms with van der Waals surface area (Å²) in [5, 5.41) is 3.73. The van der Waals surface area contributed by atoms with Crippen molar-refractivity contribution in [2.24, 2.45) is 11.8 Å². The van der Waals surface area contributed by atoms with E-state index in [0.717, 1.165) is 32.8 Å². The van der Waals surface area contributed by atoms with E-state index < -0.39 is 11.8 Å². The minimum Gasteiger partial charge on any atom is -0.383 e. The van der Waals surface area contributed by atoms with Crippen LogP contribution in [0.3, 0.4) is 0 Å². The predicted molar refractivity (Wildman–Crippen MR) is 128 cm³/mol. The van der Waals surface area contributed by atoms with Gasteiger partial charge in [-0.1, -0.05) is 26.8 Å². The first-order valence-electron chi connectivity index (χ1n) is 11.0. The maximum Gasteiger partial charge on any atom is 0.313 e. The number of rotatable bonds is 3. The van der Waals surface area contributed by atoms with Gasteiger partial charge in [-0.2, -0.15) is 0 Å². The lowest BCUT2D eigenvalue weighted by atomic mass is 9.81. The van der Waals surface area contributed by atoms with E-state index >= 15 is 0 Å². The number of piperidine rings is 1. The summed E-state index contributed by atoms with van der Waals surface area (Å²) in [5.41, 5.74) is 9.12. The number of nitrogen functional groups attached to an aromatic ring is 1. The van der Waals surface area contributed by atoms with Crippen LogP contribution < -0.4 is 11.1 Å². The SMILES string of the molecule is CCc1cc(NC(=O)C(=O)N2CC(C)CC(C)C2c2ccc3sc(C)nc3c2)cnc1N. The summed E-state index contributed by atoms with van der Waals surface area (Å²) in [6, 6.07) is 7.78. The Bertz CT molecular complexity index is 1170. The predicted octanol–water partition coefficient (Wildman–Crippen LogP) is 4.33. The van der Waals surface area contributed by atoms with Crippen molar-refractivity contribution in [3.8, 4) is 0 Å². The Morgan fingerprint density at radius 1 is 1.28 bits per heavy atom. The molecule has 2 aromatic heterocycles. The molecule has 3 atom stereocenters. The quantitative estimate of drug-likeness (QED) is 0.577. The number of likely N-dealkylation sites (tertiary alicyclic amines) is 1. The molecule has 7 nitrogen and oxygen atoms in total. The maximum atomic E-state index is 13.3. The first-order chi connectivity index (χ1) is 15.3. The van der Waals surface area contributed by atoms with E-state index in [9.17, 15) is 9.59 Å². The molecular weight excluding hydrogens is 422 g/mol. The van der Waals surface area contributed by atoms with E-state index in [1.54, 1.807) is 22.3 Å². The molecule has 32 heavy (non-hydrogen) atoms. The lowest BCUT2D eigenvalue weighted by Gasteiger charge is -2.42. The molecule has 0 bridgehead atoms. The van der Waals surface area contributed by atoms with Gasteiger partial charge in [0.15, 0.2) is 0 Å². The highest BCUT2D eigenvalue weighted by Crippen LogP contribution is 2.39. The molecule has 1 aromatic carbocycles. The Hall–Kier alpha value is -3.00. The third-order valence-electron chi connectivity index (χ3n) is 6.11. The molecule has 4 rings (SSSR count). The van der Waals surface area contributed by atoms with Crippen molar-refractivity contribution in [1.82, 2.24) is 14.9 Å². The van der Waals surface area contributed by atoms with Crippen molar-refractivity contribution in [3.05, 3.63) is 46.6 Å². The number of nitrogens with zero attached hydrogens (tertiary/aromatic N) is 3. The highest BCUT2D eigenvalue weighted by molar-refractivity contribution is 7.18. The summed E-state index contributed by atoms with van der Waals surface area (Å²) < 4.78 is 1.13. The van der Waals surface area contributed by atoms with Crippen LogP contribution in [0.2, 0.25) is 0 Å². The number of pyridine rings is 1. The minimum atomic E-state index is -0.657. The van der Waals surface area contributed by atoms with Gasteiger partial charge in [-0.25, -0.2) is 9.97 Å². The van der Waals surface area contributed by atoms with Crippen molar-refractivity contribution >= 4 is 44.9 Å². The Morgan fingerprint density at radius 2 is 2.06 bits per heavy atom. The molecule has 3 aromatic rings. The molecule has 0 spiro atoms. The molecule has 2 amide bonds. The van der Waals surface area contributed by atoms with Crippen molar-refractivity contribution in [2.75, 3.05) is 17.6 Å². The molecule has 1 aliphatic heterocycles. The van der Waals surface area contributed by atoms with Gasteiger partial charge >= 0.3 is 11.8 Å². The molecule has 0 saturated carbocycles. The molecule has 8 heteroatoms. The maximum absolute atomic E-state index is 13.3. The van der Waals surface area contributed by atoms with Gasteiger partial charge in [0, 0.05) is 6.54 Å². The van der Waals surface area contributed by atoms with E-state index in [0.29, 0.717) is 30.4 Å². The topological polar surface area (TPSA) is 101 Å². The molecule has 3 N–H and O–H groups in total. The lowest BCUT2D eigenvalue weighted by molar-refractivity contribution is -0.147. The number of carbonyl (C=O) groups excluding carboxylic acids is 2. The summed E-state index contributed by atoms with van der Waals surface area (Å²) in [4.78, 5) is 36.7. The molecule has 3 heterocycles. The summed E-state index contributed by atoms with van der Waals surface area (Å²) >= 11 is 1.66. The Balaban J connectivity index is 1.61. The molecular formula is C24H29N5O2S. The number of anilines is 2. The number of nitrogens with one attached hydrogen (secondary N) is 1. The van der Waals surface area contributed by atoms with Crippen LogP contribution in [0.15, 0.2) is 30.5 Å². The molecule has 1 saturated heterocycles. The zero-order valence-corrected chi connectivity index (χ0v) is 19.7. The minimum absolute atomic E-state index is 0.174. The first kappa shape index (κ1) is 22.2. The van der Waals surface area contributed by atoms with Crippen LogP contribution in [-0.2, 0) is 16.0 Å². The van der Waals surface area contributed by atoms with E-state index in [4.69, 9.17) is 5.73 Å². The highest BCUT2D eigenvalue weighted by Gasteiger charge is 2.38. The second kappa shape index (κ2) is 8.86. The smallest absolute Gasteiger partial charge is 0.313 e. The molecule has 3 unspecified atom stereocenters. The van der Waals surface area contributed by atoms with Crippen LogP contribution in [0.5, 0.6) is 0 Å². The zero-order chi connectivity index (χ0) is 23.0. The van der Waals surface area contributed by atoms with E-state index in [1.807, 2.05) is 13.8 Å².